The number of nitrogens with zero attached hydrogens (tertiary/aromatic N) is 1. The number of carbonyl (C=O) groups excluding carboxylic acids is 1. The Hall–Kier alpha value is -2.62. The molecule has 0 unspecified atom stereocenters. The van der Waals surface area contributed by atoms with Crippen LogP contribution in [0.1, 0.15) is 49.2 Å². The number of carbonyl (C=O) groups is 1. The van der Waals surface area contributed by atoms with Gasteiger partial charge in [-0.1, -0.05) is 45.0 Å². The van der Waals surface area contributed by atoms with E-state index in [-0.39, 0.29) is 11.3 Å². The normalized spacial score (nSPS) is 12.0. The van der Waals surface area contributed by atoms with E-state index in [9.17, 15) is 4.79 Å². The number of hydrogen-bond acceptors (Lipinski definition) is 3. The number of nitrogens with one attached hydrogen (secondary N) is 1. The molecule has 126 valence electrons. The highest BCUT2D eigenvalue weighted by molar-refractivity contribution is 6.00. The highest BCUT2D eigenvalue weighted by atomic mass is 16.5. The molecule has 4 nitrogen and oxygen atoms in total. The number of amides is 1. The summed E-state index contributed by atoms with van der Waals surface area (Å²) in [4.78, 5) is 12.1. The van der Waals surface area contributed by atoms with Crippen LogP contribution in [0.15, 0.2) is 53.6 Å². The third-order valence-electron chi connectivity index (χ3n) is 3.85. The minimum absolute atomic E-state index is 0.117. The fourth-order valence-electron chi connectivity index (χ4n) is 2.22. The van der Waals surface area contributed by atoms with E-state index >= 15 is 0 Å². The number of ether oxygens (including phenoxy) is 1. The summed E-state index contributed by atoms with van der Waals surface area (Å²) in [5.74, 6) is 0.466. The Kier molecular flexibility index (Phi) is 5.39. The zero-order valence-corrected chi connectivity index (χ0v) is 14.9. The fraction of sp³-hybridized carbons (Fsp3) is 0.300. The lowest BCUT2D eigenvalue weighted by atomic mass is 9.86. The van der Waals surface area contributed by atoms with Crippen molar-refractivity contribution in [3.8, 4) is 5.75 Å². The van der Waals surface area contributed by atoms with Crippen molar-refractivity contribution in [3.05, 3.63) is 65.2 Å². The van der Waals surface area contributed by atoms with Crippen molar-refractivity contribution < 1.29 is 9.53 Å². The molecule has 4 heteroatoms. The maximum absolute atomic E-state index is 12.1. The molecule has 0 aliphatic heterocycles. The first kappa shape index (κ1) is 17.7. The molecule has 0 spiro atoms. The van der Waals surface area contributed by atoms with Gasteiger partial charge in [0.2, 0.25) is 0 Å². The molecule has 0 heterocycles. The number of benzene rings is 2. The van der Waals surface area contributed by atoms with E-state index in [1.54, 1.807) is 31.4 Å². The van der Waals surface area contributed by atoms with Gasteiger partial charge >= 0.3 is 0 Å². The molecule has 0 aliphatic carbocycles. The first-order chi connectivity index (χ1) is 11.3. The minimum atomic E-state index is -0.247. The zero-order valence-electron chi connectivity index (χ0n) is 14.9. The monoisotopic (exact) mass is 324 g/mol. The number of hydrogen-bond donors (Lipinski definition) is 1. The van der Waals surface area contributed by atoms with Crippen molar-refractivity contribution in [2.75, 3.05) is 7.11 Å². The summed E-state index contributed by atoms with van der Waals surface area (Å²) in [6.07, 6.45) is 0. The van der Waals surface area contributed by atoms with Crippen LogP contribution in [-0.4, -0.2) is 18.7 Å². The van der Waals surface area contributed by atoms with Gasteiger partial charge in [-0.3, -0.25) is 4.79 Å². The Morgan fingerprint density at radius 3 is 2.00 bits per heavy atom. The summed E-state index contributed by atoms with van der Waals surface area (Å²) in [6, 6.07) is 15.2. The van der Waals surface area contributed by atoms with Crippen LogP contribution in [0.4, 0.5) is 0 Å². The summed E-state index contributed by atoms with van der Waals surface area (Å²) in [5.41, 5.74) is 6.25. The Morgan fingerprint density at radius 1 is 0.958 bits per heavy atom. The van der Waals surface area contributed by atoms with Crippen molar-refractivity contribution >= 4 is 11.6 Å². The molecule has 0 aliphatic rings. The Labute approximate surface area is 143 Å². The Balaban J connectivity index is 2.06. The predicted molar refractivity (Wildman–Crippen MR) is 97.8 cm³/mol. The van der Waals surface area contributed by atoms with Crippen molar-refractivity contribution in [2.24, 2.45) is 5.10 Å². The highest BCUT2D eigenvalue weighted by Crippen LogP contribution is 2.22. The van der Waals surface area contributed by atoms with Gasteiger partial charge in [-0.2, -0.15) is 5.10 Å². The topological polar surface area (TPSA) is 50.7 Å². The van der Waals surface area contributed by atoms with Crippen molar-refractivity contribution in [1.29, 1.82) is 0 Å². The SMILES string of the molecule is COc1ccc(C(=O)N/N=C(/C)c2ccc(C(C)(C)C)cc2)cc1. The largest absolute Gasteiger partial charge is 0.497 e. The fourth-order valence-corrected chi connectivity index (χ4v) is 2.22. The first-order valence-corrected chi connectivity index (χ1v) is 7.91. The number of hydrazone groups is 1. The van der Waals surface area contributed by atoms with Gasteiger partial charge in [0.15, 0.2) is 0 Å². The van der Waals surface area contributed by atoms with E-state index in [2.05, 4.69) is 43.4 Å². The maximum atomic E-state index is 12.1. The van der Waals surface area contributed by atoms with Gasteiger partial charge in [0.05, 0.1) is 12.8 Å². The molecule has 0 saturated heterocycles. The lowest BCUT2D eigenvalue weighted by Gasteiger charge is -2.19. The summed E-state index contributed by atoms with van der Waals surface area (Å²) in [5, 5.41) is 4.19. The van der Waals surface area contributed by atoms with Crippen molar-refractivity contribution in [2.45, 2.75) is 33.1 Å². The van der Waals surface area contributed by atoms with Crippen LogP contribution in [0.5, 0.6) is 5.75 Å². The summed E-state index contributed by atoms with van der Waals surface area (Å²) >= 11 is 0. The van der Waals surface area contributed by atoms with E-state index in [1.165, 1.54) is 5.56 Å². The first-order valence-electron chi connectivity index (χ1n) is 7.91. The third-order valence-corrected chi connectivity index (χ3v) is 3.85. The number of methoxy groups -OCH3 is 1. The summed E-state index contributed by atoms with van der Waals surface area (Å²) < 4.78 is 5.08. The third kappa shape index (κ3) is 4.44. The van der Waals surface area contributed by atoms with Gasteiger partial charge < -0.3 is 4.74 Å². The Morgan fingerprint density at radius 2 is 1.50 bits per heavy atom. The molecule has 0 fully saturated rings. The van der Waals surface area contributed by atoms with Gasteiger partial charge in [-0.15, -0.1) is 0 Å². The zero-order chi connectivity index (χ0) is 17.7. The van der Waals surface area contributed by atoms with Crippen LogP contribution in [-0.2, 0) is 5.41 Å². The molecule has 0 bridgehead atoms. The van der Waals surface area contributed by atoms with Gasteiger partial charge in [-0.25, -0.2) is 5.43 Å². The molecule has 0 aromatic heterocycles. The van der Waals surface area contributed by atoms with Crippen molar-refractivity contribution in [1.82, 2.24) is 5.43 Å². The molecule has 24 heavy (non-hydrogen) atoms. The molecular formula is C20H24N2O2. The van der Waals surface area contributed by atoms with Crippen LogP contribution in [0.3, 0.4) is 0 Å². The number of rotatable bonds is 4. The van der Waals surface area contributed by atoms with E-state index in [0.29, 0.717) is 11.3 Å². The quantitative estimate of drug-likeness (QED) is 0.678. The average Bonchev–Trinajstić information content (AvgIpc) is 2.58. The van der Waals surface area contributed by atoms with Crippen LogP contribution < -0.4 is 10.2 Å². The molecule has 0 saturated carbocycles. The van der Waals surface area contributed by atoms with Crippen LogP contribution in [0, 0.1) is 0 Å². The molecule has 2 rings (SSSR count). The van der Waals surface area contributed by atoms with Crippen LogP contribution in [0.25, 0.3) is 0 Å². The minimum Gasteiger partial charge on any atom is -0.497 e. The van der Waals surface area contributed by atoms with Crippen LogP contribution in [0.2, 0.25) is 0 Å². The van der Waals surface area contributed by atoms with Gasteiger partial charge in [0.1, 0.15) is 5.75 Å². The second-order valence-electron chi connectivity index (χ2n) is 6.69. The van der Waals surface area contributed by atoms with Crippen molar-refractivity contribution in [3.63, 3.8) is 0 Å². The predicted octanol–water partition coefficient (Wildman–Crippen LogP) is 4.15. The van der Waals surface area contributed by atoms with E-state index in [4.69, 9.17) is 4.74 Å². The van der Waals surface area contributed by atoms with E-state index in [1.807, 2.05) is 19.1 Å². The Bertz CT molecular complexity index is 724. The maximum Gasteiger partial charge on any atom is 0.271 e. The molecule has 1 N–H and O–H groups in total. The molecular weight excluding hydrogens is 300 g/mol. The molecule has 0 radical (unpaired) electrons. The summed E-state index contributed by atoms with van der Waals surface area (Å²) in [6.45, 7) is 8.41. The average molecular weight is 324 g/mol. The molecule has 2 aromatic rings. The smallest absolute Gasteiger partial charge is 0.271 e. The van der Waals surface area contributed by atoms with Gasteiger partial charge in [0.25, 0.3) is 5.91 Å². The molecule has 0 atom stereocenters. The second-order valence-corrected chi connectivity index (χ2v) is 6.69. The summed E-state index contributed by atoms with van der Waals surface area (Å²) in [7, 11) is 1.59. The van der Waals surface area contributed by atoms with Gasteiger partial charge in [0, 0.05) is 5.56 Å². The van der Waals surface area contributed by atoms with E-state index < -0.39 is 0 Å². The molecule has 1 amide bonds. The second kappa shape index (κ2) is 7.30. The lowest BCUT2D eigenvalue weighted by Crippen LogP contribution is -2.19. The lowest BCUT2D eigenvalue weighted by molar-refractivity contribution is 0.0955. The van der Waals surface area contributed by atoms with Crippen LogP contribution >= 0.6 is 0 Å². The highest BCUT2D eigenvalue weighted by Gasteiger charge is 2.13. The van der Waals surface area contributed by atoms with E-state index in [0.717, 1.165) is 11.3 Å². The standard InChI is InChI=1S/C20H24N2O2/c1-14(15-6-10-17(11-7-15)20(2,3)4)21-22-19(23)16-8-12-18(24-5)13-9-16/h6-13H,1-5H3,(H,22,23)/b21-14-. The van der Waals surface area contributed by atoms with Gasteiger partial charge in [-0.05, 0) is 47.7 Å². The molecule has 2 aromatic carbocycles.